The molecule has 0 spiro atoms. The minimum Gasteiger partial charge on any atom is -0.461 e. The molecule has 0 bridgehead atoms. The number of nitrogens with zero attached hydrogens (tertiary/aromatic N) is 3. The van der Waals surface area contributed by atoms with Gasteiger partial charge in [-0.2, -0.15) is 0 Å². The molecule has 7 heteroatoms. The van der Waals surface area contributed by atoms with E-state index >= 15 is 0 Å². The Kier molecular flexibility index (Phi) is 3.46. The van der Waals surface area contributed by atoms with Crippen molar-refractivity contribution < 1.29 is 4.42 Å². The summed E-state index contributed by atoms with van der Waals surface area (Å²) in [5.74, 6) is 1.08. The molecular weight excluding hydrogens is 330 g/mol. The molecule has 0 saturated heterocycles. The maximum atomic E-state index is 12.6. The van der Waals surface area contributed by atoms with Crippen LogP contribution in [0.5, 0.6) is 0 Å². The van der Waals surface area contributed by atoms with Crippen molar-refractivity contribution in [2.45, 2.75) is 19.5 Å². The van der Waals surface area contributed by atoms with E-state index < -0.39 is 0 Å². The van der Waals surface area contributed by atoms with Crippen LogP contribution < -0.4 is 5.56 Å². The molecule has 4 aromatic rings. The number of hydrogen-bond donors (Lipinski definition) is 2. The summed E-state index contributed by atoms with van der Waals surface area (Å²) in [6.07, 6.45) is 6.09. The van der Waals surface area contributed by atoms with Gasteiger partial charge in [-0.1, -0.05) is 0 Å². The highest BCUT2D eigenvalue weighted by Crippen LogP contribution is 2.22. The number of nitrogens with one attached hydrogen (secondary N) is 2. The van der Waals surface area contributed by atoms with Crippen molar-refractivity contribution in [2.24, 2.45) is 0 Å². The molecule has 4 aromatic heterocycles. The van der Waals surface area contributed by atoms with Crippen molar-refractivity contribution >= 4 is 11.0 Å². The van der Waals surface area contributed by atoms with Crippen LogP contribution >= 0.6 is 0 Å². The Morgan fingerprint density at radius 2 is 2.23 bits per heavy atom. The molecule has 0 radical (unpaired) electrons. The van der Waals surface area contributed by atoms with E-state index in [1.165, 1.54) is 5.56 Å². The first-order valence-corrected chi connectivity index (χ1v) is 8.57. The second kappa shape index (κ2) is 5.96. The first-order chi connectivity index (χ1) is 12.8. The zero-order valence-electron chi connectivity index (χ0n) is 14.0. The summed E-state index contributed by atoms with van der Waals surface area (Å²) >= 11 is 0. The summed E-state index contributed by atoms with van der Waals surface area (Å²) in [6, 6.07) is 7.59. The highest BCUT2D eigenvalue weighted by atomic mass is 16.3. The van der Waals surface area contributed by atoms with Crippen LogP contribution in [0, 0.1) is 0 Å². The van der Waals surface area contributed by atoms with Crippen LogP contribution in [0.2, 0.25) is 0 Å². The third-order valence-electron chi connectivity index (χ3n) is 4.83. The molecule has 130 valence electrons. The number of fused-ring (bicyclic) bond motifs is 2. The lowest BCUT2D eigenvalue weighted by Gasteiger charge is -2.27. The molecule has 5 rings (SSSR count). The van der Waals surface area contributed by atoms with E-state index in [9.17, 15) is 4.79 Å². The van der Waals surface area contributed by atoms with E-state index in [1.54, 1.807) is 24.6 Å². The number of aromatic nitrogens is 4. The standard InChI is InChI=1S/C19H17N5O2/c25-19-14-11-24(10-12-9-21-17-13(12)3-1-6-20-17)7-5-15(14)22-18(23-19)16-4-2-8-26-16/h1-4,6,8-9H,5,7,10-11H2,(H,20,21)(H,22,23,25). The largest absolute Gasteiger partial charge is 0.461 e. The summed E-state index contributed by atoms with van der Waals surface area (Å²) < 4.78 is 5.35. The van der Waals surface area contributed by atoms with Crippen molar-refractivity contribution in [2.75, 3.05) is 6.54 Å². The van der Waals surface area contributed by atoms with Gasteiger partial charge in [0.1, 0.15) is 5.65 Å². The third kappa shape index (κ3) is 2.53. The Labute approximate surface area is 148 Å². The van der Waals surface area contributed by atoms with E-state index in [1.807, 2.05) is 12.3 Å². The van der Waals surface area contributed by atoms with Gasteiger partial charge in [0.15, 0.2) is 11.6 Å². The van der Waals surface area contributed by atoms with Gasteiger partial charge in [0.2, 0.25) is 0 Å². The molecule has 0 saturated carbocycles. The molecule has 0 aliphatic carbocycles. The zero-order chi connectivity index (χ0) is 17.5. The number of pyridine rings is 1. The van der Waals surface area contributed by atoms with Crippen LogP contribution in [0.3, 0.4) is 0 Å². The molecule has 1 aliphatic rings. The third-order valence-corrected chi connectivity index (χ3v) is 4.83. The minimum absolute atomic E-state index is 0.0910. The van der Waals surface area contributed by atoms with Crippen molar-refractivity contribution in [1.82, 2.24) is 24.8 Å². The second-order valence-corrected chi connectivity index (χ2v) is 6.49. The fourth-order valence-corrected chi connectivity index (χ4v) is 3.53. The fourth-order valence-electron chi connectivity index (χ4n) is 3.53. The first-order valence-electron chi connectivity index (χ1n) is 8.57. The number of furan rings is 1. The van der Waals surface area contributed by atoms with Crippen LogP contribution in [0.4, 0.5) is 0 Å². The van der Waals surface area contributed by atoms with Gasteiger partial charge < -0.3 is 14.4 Å². The Balaban J connectivity index is 1.42. The van der Waals surface area contributed by atoms with Crippen molar-refractivity contribution in [1.29, 1.82) is 0 Å². The highest BCUT2D eigenvalue weighted by Gasteiger charge is 2.22. The van der Waals surface area contributed by atoms with E-state index in [-0.39, 0.29) is 5.56 Å². The van der Waals surface area contributed by atoms with Crippen molar-refractivity contribution in [3.8, 4) is 11.6 Å². The van der Waals surface area contributed by atoms with Gasteiger partial charge in [-0.05, 0) is 29.8 Å². The monoisotopic (exact) mass is 347 g/mol. The van der Waals surface area contributed by atoms with Gasteiger partial charge in [0.25, 0.3) is 5.56 Å². The molecule has 2 N–H and O–H groups in total. The summed E-state index contributed by atoms with van der Waals surface area (Å²) in [5.41, 5.74) is 3.59. The summed E-state index contributed by atoms with van der Waals surface area (Å²) in [4.78, 5) is 29.8. The highest BCUT2D eigenvalue weighted by molar-refractivity contribution is 5.79. The van der Waals surface area contributed by atoms with E-state index in [0.29, 0.717) is 18.1 Å². The quantitative estimate of drug-likeness (QED) is 0.594. The number of aromatic amines is 2. The SMILES string of the molecule is O=c1[nH]c(-c2ccco2)nc2c1CN(Cc1c[nH]c3ncccc13)CC2. The topological polar surface area (TPSA) is 90.8 Å². The molecule has 7 nitrogen and oxygen atoms in total. The minimum atomic E-state index is -0.0910. The molecule has 0 atom stereocenters. The predicted molar refractivity (Wildman–Crippen MR) is 96.5 cm³/mol. The summed E-state index contributed by atoms with van der Waals surface area (Å²) in [6.45, 7) is 2.21. The van der Waals surface area contributed by atoms with Gasteiger partial charge in [0.05, 0.1) is 17.5 Å². The van der Waals surface area contributed by atoms with E-state index in [2.05, 4.69) is 30.9 Å². The molecule has 5 heterocycles. The van der Waals surface area contributed by atoms with Crippen molar-refractivity contribution in [3.05, 3.63) is 70.1 Å². The van der Waals surface area contributed by atoms with Gasteiger partial charge in [-0.3, -0.25) is 9.69 Å². The molecule has 0 aromatic carbocycles. The number of rotatable bonds is 3. The number of H-pyrrole nitrogens is 2. The predicted octanol–water partition coefficient (Wildman–Crippen LogP) is 2.46. The summed E-state index contributed by atoms with van der Waals surface area (Å²) in [5, 5.41) is 1.12. The lowest BCUT2D eigenvalue weighted by molar-refractivity contribution is 0.242. The number of hydrogen-bond acceptors (Lipinski definition) is 5. The first kappa shape index (κ1) is 15.1. The molecule has 26 heavy (non-hydrogen) atoms. The molecule has 0 amide bonds. The smallest absolute Gasteiger partial charge is 0.256 e. The van der Waals surface area contributed by atoms with E-state index in [4.69, 9.17) is 4.42 Å². The van der Waals surface area contributed by atoms with Crippen LogP contribution in [-0.4, -0.2) is 31.4 Å². The average Bonchev–Trinajstić information content (AvgIpc) is 3.33. The molecular formula is C19H17N5O2. The Bertz CT molecular complexity index is 1130. The van der Waals surface area contributed by atoms with Crippen LogP contribution in [0.15, 0.2) is 52.1 Å². The van der Waals surface area contributed by atoms with Gasteiger partial charge in [-0.25, -0.2) is 9.97 Å². The van der Waals surface area contributed by atoms with Crippen LogP contribution in [0.1, 0.15) is 16.8 Å². The fraction of sp³-hybridized carbons (Fsp3) is 0.211. The lowest BCUT2D eigenvalue weighted by Crippen LogP contribution is -2.35. The Morgan fingerprint density at radius 3 is 3.12 bits per heavy atom. The second-order valence-electron chi connectivity index (χ2n) is 6.49. The summed E-state index contributed by atoms with van der Waals surface area (Å²) in [7, 11) is 0. The maximum absolute atomic E-state index is 12.6. The van der Waals surface area contributed by atoms with Gasteiger partial charge >= 0.3 is 0 Å². The Morgan fingerprint density at radius 1 is 1.27 bits per heavy atom. The maximum Gasteiger partial charge on any atom is 0.256 e. The molecule has 1 aliphatic heterocycles. The van der Waals surface area contributed by atoms with E-state index in [0.717, 1.165) is 41.8 Å². The normalized spacial score (nSPS) is 14.6. The average molecular weight is 347 g/mol. The van der Waals surface area contributed by atoms with Gasteiger partial charge in [0, 0.05) is 43.8 Å². The van der Waals surface area contributed by atoms with Crippen molar-refractivity contribution in [3.63, 3.8) is 0 Å². The molecule has 0 fully saturated rings. The van der Waals surface area contributed by atoms with Gasteiger partial charge in [-0.15, -0.1) is 0 Å². The Hall–Kier alpha value is -3.19. The lowest BCUT2D eigenvalue weighted by atomic mass is 10.1. The zero-order valence-corrected chi connectivity index (χ0v) is 14.0. The van der Waals surface area contributed by atoms with Crippen LogP contribution in [0.25, 0.3) is 22.6 Å². The molecule has 0 unspecified atom stereocenters. The van der Waals surface area contributed by atoms with Crippen LogP contribution in [-0.2, 0) is 19.5 Å².